The molecule has 0 saturated carbocycles. The number of para-hydroxylation sites is 1. The van der Waals surface area contributed by atoms with Gasteiger partial charge in [0.15, 0.2) is 11.6 Å². The van der Waals surface area contributed by atoms with Gasteiger partial charge < -0.3 is 24.4 Å². The molecule has 4 heterocycles. The molecule has 1 saturated heterocycles. The van der Waals surface area contributed by atoms with Gasteiger partial charge in [-0.2, -0.15) is 0 Å². The molecule has 0 radical (unpaired) electrons. The molecule has 9 nitrogen and oxygen atoms in total. The zero-order chi connectivity index (χ0) is 29.8. The highest BCUT2D eigenvalue weighted by Crippen LogP contribution is 2.39. The van der Waals surface area contributed by atoms with E-state index in [2.05, 4.69) is 24.8 Å². The molecule has 1 aliphatic heterocycles. The minimum Gasteiger partial charge on any atom is -0.453 e. The van der Waals surface area contributed by atoms with Crippen LogP contribution in [0.25, 0.3) is 20.8 Å². The zero-order valence-electron chi connectivity index (χ0n) is 23.7. The van der Waals surface area contributed by atoms with E-state index >= 15 is 4.39 Å². The van der Waals surface area contributed by atoms with Gasteiger partial charge in [0.1, 0.15) is 12.2 Å². The summed E-state index contributed by atoms with van der Waals surface area (Å²) in [6, 6.07) is 16.8. The number of pyridine rings is 1. The lowest BCUT2D eigenvalue weighted by molar-refractivity contribution is -0.125. The monoisotopic (exact) mass is 598 g/mol. The molecule has 1 N–H and O–H groups in total. The molecule has 1 fully saturated rings. The number of benzene rings is 2. The molecule has 5 aromatic rings. The SMILES string of the molecule is CN(C(=O)CC(=O)Nc1ccc(Oc2ccnc3cc(-c4cn(CCN5CCCC5)cn4)sc23)c(F)c1)c1ccccc1. The number of amides is 2. The smallest absolute Gasteiger partial charge is 0.236 e. The molecule has 2 amide bonds. The van der Waals surface area contributed by atoms with Gasteiger partial charge in [-0.3, -0.25) is 14.6 Å². The van der Waals surface area contributed by atoms with Crippen molar-refractivity contribution in [2.24, 2.45) is 0 Å². The Kier molecular flexibility index (Phi) is 8.43. The van der Waals surface area contributed by atoms with Crippen molar-refractivity contribution >= 4 is 44.7 Å². The highest BCUT2D eigenvalue weighted by atomic mass is 32.1. The summed E-state index contributed by atoms with van der Waals surface area (Å²) in [5.74, 6) is -1.09. The number of nitrogens with one attached hydrogen (secondary N) is 1. The fraction of sp³-hybridized carbons (Fsp3) is 0.250. The number of thiophene rings is 1. The van der Waals surface area contributed by atoms with E-state index in [1.54, 1.807) is 31.4 Å². The summed E-state index contributed by atoms with van der Waals surface area (Å²) in [7, 11) is 1.60. The Morgan fingerprint density at radius 1 is 1.02 bits per heavy atom. The lowest BCUT2D eigenvalue weighted by atomic mass is 10.2. The van der Waals surface area contributed by atoms with E-state index in [4.69, 9.17) is 4.74 Å². The maximum Gasteiger partial charge on any atom is 0.236 e. The van der Waals surface area contributed by atoms with Gasteiger partial charge in [-0.25, -0.2) is 9.37 Å². The number of carbonyl (C=O) groups is 2. The molecule has 0 spiro atoms. The standard InChI is InChI=1S/C32H31FN6O3S/c1-37(23-7-3-2-4-8-23)31(41)19-30(40)36-22-9-10-27(24(33)17-22)42-28-11-12-34-25-18-29(43-32(25)28)26-20-39(21-35-26)16-15-38-13-5-6-14-38/h2-4,7-12,17-18,20-21H,5-6,13-16,19H2,1H3,(H,36,40). The van der Waals surface area contributed by atoms with Crippen LogP contribution in [0.2, 0.25) is 0 Å². The number of anilines is 2. The molecule has 1 aliphatic rings. The van der Waals surface area contributed by atoms with Crippen LogP contribution in [0.4, 0.5) is 15.8 Å². The Morgan fingerprint density at radius 3 is 2.63 bits per heavy atom. The van der Waals surface area contributed by atoms with Crippen LogP contribution < -0.4 is 15.0 Å². The van der Waals surface area contributed by atoms with Crippen molar-refractivity contribution in [2.75, 3.05) is 36.9 Å². The Morgan fingerprint density at radius 2 is 1.84 bits per heavy atom. The van der Waals surface area contributed by atoms with Gasteiger partial charge in [-0.15, -0.1) is 11.3 Å². The maximum absolute atomic E-state index is 15.1. The van der Waals surface area contributed by atoms with Gasteiger partial charge >= 0.3 is 0 Å². The molecule has 0 atom stereocenters. The van der Waals surface area contributed by atoms with Gasteiger partial charge in [-0.1, -0.05) is 18.2 Å². The van der Waals surface area contributed by atoms with Crippen LogP contribution in [0, 0.1) is 5.82 Å². The first-order valence-electron chi connectivity index (χ1n) is 14.1. The molecule has 0 aliphatic carbocycles. The third-order valence-electron chi connectivity index (χ3n) is 7.40. The second kappa shape index (κ2) is 12.7. The number of halogens is 1. The lowest BCUT2D eigenvalue weighted by Crippen LogP contribution is -2.30. The number of rotatable bonds is 10. The van der Waals surface area contributed by atoms with Crippen molar-refractivity contribution in [2.45, 2.75) is 25.8 Å². The van der Waals surface area contributed by atoms with Gasteiger partial charge in [0, 0.05) is 56.0 Å². The van der Waals surface area contributed by atoms with E-state index in [-0.39, 0.29) is 23.8 Å². The second-order valence-electron chi connectivity index (χ2n) is 10.4. The van der Waals surface area contributed by atoms with E-state index in [0.717, 1.165) is 47.0 Å². The fourth-order valence-electron chi connectivity index (χ4n) is 5.03. The zero-order valence-corrected chi connectivity index (χ0v) is 24.5. The topological polar surface area (TPSA) is 92.6 Å². The summed E-state index contributed by atoms with van der Waals surface area (Å²) < 4.78 is 23.9. The minimum absolute atomic E-state index is 0.00604. The number of nitrogens with zero attached hydrogens (tertiary/aromatic N) is 5. The highest BCUT2D eigenvalue weighted by molar-refractivity contribution is 7.22. The predicted octanol–water partition coefficient (Wildman–Crippen LogP) is 6.18. The molecule has 0 unspecified atom stereocenters. The molecule has 11 heteroatoms. The van der Waals surface area contributed by atoms with E-state index in [0.29, 0.717) is 11.4 Å². The van der Waals surface area contributed by atoms with Crippen molar-refractivity contribution in [3.63, 3.8) is 0 Å². The van der Waals surface area contributed by atoms with E-state index in [1.165, 1.54) is 47.3 Å². The molecule has 43 heavy (non-hydrogen) atoms. The summed E-state index contributed by atoms with van der Waals surface area (Å²) in [6.07, 6.45) is 7.69. The number of fused-ring (bicyclic) bond motifs is 1. The Hall–Kier alpha value is -4.61. The lowest BCUT2D eigenvalue weighted by Gasteiger charge is -2.17. The Bertz CT molecular complexity index is 1750. The predicted molar refractivity (Wildman–Crippen MR) is 166 cm³/mol. The number of ether oxygens (including phenoxy) is 1. The fourth-order valence-corrected chi connectivity index (χ4v) is 6.06. The molecule has 2 aromatic carbocycles. The number of hydrogen-bond donors (Lipinski definition) is 1. The van der Waals surface area contributed by atoms with E-state index < -0.39 is 11.7 Å². The van der Waals surface area contributed by atoms with Crippen LogP contribution in [0.1, 0.15) is 19.3 Å². The third-order valence-corrected chi connectivity index (χ3v) is 8.56. The summed E-state index contributed by atoms with van der Waals surface area (Å²) >= 11 is 1.49. The van der Waals surface area contributed by atoms with Crippen molar-refractivity contribution in [3.8, 4) is 22.1 Å². The number of carbonyl (C=O) groups excluding carboxylic acids is 2. The van der Waals surface area contributed by atoms with Crippen molar-refractivity contribution in [1.82, 2.24) is 19.4 Å². The van der Waals surface area contributed by atoms with Crippen LogP contribution in [0.15, 0.2) is 79.4 Å². The van der Waals surface area contributed by atoms with E-state index in [1.807, 2.05) is 36.8 Å². The molecule has 220 valence electrons. The minimum atomic E-state index is -0.649. The average molecular weight is 599 g/mol. The molecular formula is C32H31FN6O3S. The number of aromatic nitrogens is 3. The Balaban J connectivity index is 1.10. The number of hydrogen-bond acceptors (Lipinski definition) is 7. The average Bonchev–Trinajstić information content (AvgIpc) is 3.79. The first kappa shape index (κ1) is 28.5. The summed E-state index contributed by atoms with van der Waals surface area (Å²) in [4.78, 5) is 38.9. The first-order chi connectivity index (χ1) is 20.9. The largest absolute Gasteiger partial charge is 0.453 e. The molecule has 0 bridgehead atoms. The maximum atomic E-state index is 15.1. The van der Waals surface area contributed by atoms with Crippen LogP contribution in [0.3, 0.4) is 0 Å². The van der Waals surface area contributed by atoms with E-state index in [9.17, 15) is 9.59 Å². The van der Waals surface area contributed by atoms with Gasteiger partial charge in [-0.05, 0) is 56.3 Å². The van der Waals surface area contributed by atoms with Gasteiger partial charge in [0.2, 0.25) is 11.8 Å². The molecule has 3 aromatic heterocycles. The first-order valence-corrected chi connectivity index (χ1v) is 15.0. The van der Waals surface area contributed by atoms with Crippen molar-refractivity contribution < 1.29 is 18.7 Å². The van der Waals surface area contributed by atoms with Crippen molar-refractivity contribution in [1.29, 1.82) is 0 Å². The summed E-state index contributed by atoms with van der Waals surface area (Å²) in [5, 5.41) is 2.59. The normalized spacial score (nSPS) is 13.3. The number of imidazole rings is 1. The third kappa shape index (κ3) is 6.73. The highest BCUT2D eigenvalue weighted by Gasteiger charge is 2.18. The van der Waals surface area contributed by atoms with Crippen LogP contribution in [-0.2, 0) is 16.1 Å². The van der Waals surface area contributed by atoms with Crippen molar-refractivity contribution in [3.05, 3.63) is 85.2 Å². The number of likely N-dealkylation sites (tertiary alicyclic amines) is 1. The molecule has 6 rings (SSSR count). The van der Waals surface area contributed by atoms with Crippen LogP contribution in [-0.4, -0.2) is 57.9 Å². The van der Waals surface area contributed by atoms with Gasteiger partial charge in [0.05, 0.1) is 27.1 Å². The molecular weight excluding hydrogens is 567 g/mol. The van der Waals surface area contributed by atoms with Crippen LogP contribution >= 0.6 is 11.3 Å². The second-order valence-corrected chi connectivity index (χ2v) is 11.5. The van der Waals surface area contributed by atoms with Gasteiger partial charge in [0.25, 0.3) is 0 Å². The summed E-state index contributed by atoms with van der Waals surface area (Å²) in [5.41, 5.74) is 2.50. The van der Waals surface area contributed by atoms with Crippen LogP contribution in [0.5, 0.6) is 11.5 Å². The quantitative estimate of drug-likeness (QED) is 0.193. The Labute approximate surface area is 252 Å². The summed E-state index contributed by atoms with van der Waals surface area (Å²) in [6.45, 7) is 4.23.